The van der Waals surface area contributed by atoms with Gasteiger partial charge >= 0.3 is 5.97 Å². The van der Waals surface area contributed by atoms with Crippen LogP contribution in [-0.2, 0) is 16.1 Å². The summed E-state index contributed by atoms with van der Waals surface area (Å²) in [5, 5.41) is 10.2. The molecule has 0 bridgehead atoms. The van der Waals surface area contributed by atoms with Crippen molar-refractivity contribution in [2.24, 2.45) is 4.99 Å². The number of aromatic nitrogens is 2. The first-order valence-electron chi connectivity index (χ1n) is 14.9. The summed E-state index contributed by atoms with van der Waals surface area (Å²) in [7, 11) is 1.59. The molecule has 0 saturated heterocycles. The van der Waals surface area contributed by atoms with Crippen LogP contribution in [0.2, 0.25) is 0 Å². The summed E-state index contributed by atoms with van der Waals surface area (Å²) < 4.78 is 15.3. The van der Waals surface area contributed by atoms with Crippen molar-refractivity contribution in [3.05, 3.63) is 132 Å². The van der Waals surface area contributed by atoms with Gasteiger partial charge in [0.1, 0.15) is 5.75 Å². The molecular weight excluding hydrogens is 584 g/mol. The Bertz CT molecular complexity index is 2160. The summed E-state index contributed by atoms with van der Waals surface area (Å²) in [4.78, 5) is 33.2. The lowest BCUT2D eigenvalue weighted by molar-refractivity contribution is -0.139. The Morgan fingerprint density at radius 2 is 1.89 bits per heavy atom. The quantitative estimate of drug-likeness (QED) is 0.205. The number of hydrogen-bond acceptors (Lipinski definition) is 7. The molecule has 2 aromatic heterocycles. The third kappa shape index (κ3) is 5.73. The Kier molecular flexibility index (Phi) is 8.49. The van der Waals surface area contributed by atoms with Crippen LogP contribution < -0.4 is 19.6 Å². The number of allylic oxidation sites excluding steroid dienone is 1. The van der Waals surface area contributed by atoms with Crippen LogP contribution in [0.15, 0.2) is 100 Å². The van der Waals surface area contributed by atoms with Gasteiger partial charge in [-0.05, 0) is 60.9 Å². The van der Waals surface area contributed by atoms with E-state index in [1.807, 2.05) is 85.9 Å². The van der Waals surface area contributed by atoms with Crippen LogP contribution >= 0.6 is 11.3 Å². The van der Waals surface area contributed by atoms with Gasteiger partial charge in [-0.15, -0.1) is 0 Å². The van der Waals surface area contributed by atoms with E-state index >= 15 is 0 Å². The molecule has 9 heteroatoms. The van der Waals surface area contributed by atoms with Crippen LogP contribution in [0.25, 0.3) is 17.0 Å². The van der Waals surface area contributed by atoms with Crippen LogP contribution in [-0.4, -0.2) is 28.8 Å². The first-order chi connectivity index (χ1) is 21.9. The fourth-order valence-electron chi connectivity index (χ4n) is 5.79. The molecule has 0 aliphatic carbocycles. The van der Waals surface area contributed by atoms with Gasteiger partial charge in [-0.1, -0.05) is 67.1 Å². The standard InChI is InChI=1S/C36H32N4O4S/c1-4-9-29-32(35(42)44-5-2)33(25-10-8-11-27(18-25)43-3)40-34(41)31(45-36(40)38-29)19-26-22-39(30-13-7-6-12-28(26)30)21-24-16-14-23(20-37)15-17-24/h6-8,10-19,22,33H,4-5,9,21H2,1-3H3/b31-19-/t33-/m1/s1. The molecule has 0 unspecified atom stereocenters. The van der Waals surface area contributed by atoms with Crippen molar-refractivity contribution >= 4 is 34.3 Å². The van der Waals surface area contributed by atoms with Crippen molar-refractivity contribution in [3.8, 4) is 11.8 Å². The molecule has 0 saturated carbocycles. The Morgan fingerprint density at radius 3 is 2.62 bits per heavy atom. The molecule has 3 heterocycles. The average molecular weight is 617 g/mol. The van der Waals surface area contributed by atoms with Crippen LogP contribution in [0.1, 0.15) is 55.0 Å². The third-order valence-electron chi connectivity index (χ3n) is 7.84. The predicted octanol–water partition coefficient (Wildman–Crippen LogP) is 5.46. The van der Waals surface area contributed by atoms with E-state index in [1.54, 1.807) is 18.6 Å². The maximum Gasteiger partial charge on any atom is 0.338 e. The molecule has 45 heavy (non-hydrogen) atoms. The van der Waals surface area contributed by atoms with Gasteiger partial charge in [-0.25, -0.2) is 9.79 Å². The first kappa shape index (κ1) is 29.9. The minimum Gasteiger partial charge on any atom is -0.497 e. The van der Waals surface area contributed by atoms with E-state index in [9.17, 15) is 14.9 Å². The number of nitriles is 1. The van der Waals surface area contributed by atoms with Crippen LogP contribution in [0, 0.1) is 11.3 Å². The Hall–Kier alpha value is -5.20. The highest BCUT2D eigenvalue weighted by Gasteiger charge is 2.34. The molecule has 0 N–H and O–H groups in total. The van der Waals surface area contributed by atoms with Gasteiger partial charge in [0.05, 0.1) is 47.2 Å². The molecule has 0 radical (unpaired) electrons. The summed E-state index contributed by atoms with van der Waals surface area (Å²) in [6, 6.07) is 24.5. The van der Waals surface area contributed by atoms with Gasteiger partial charge in [-0.2, -0.15) is 5.26 Å². The Labute approximate surface area is 264 Å². The lowest BCUT2D eigenvalue weighted by Gasteiger charge is -2.26. The van der Waals surface area contributed by atoms with Crippen molar-refractivity contribution in [3.63, 3.8) is 0 Å². The second-order valence-corrected chi connectivity index (χ2v) is 11.7. The summed E-state index contributed by atoms with van der Waals surface area (Å²) in [6.07, 6.45) is 5.31. The molecule has 8 nitrogen and oxygen atoms in total. The maximum atomic E-state index is 14.3. The number of esters is 1. The predicted molar refractivity (Wildman–Crippen MR) is 175 cm³/mol. The van der Waals surface area contributed by atoms with E-state index in [4.69, 9.17) is 14.5 Å². The van der Waals surface area contributed by atoms with Gasteiger partial charge in [0, 0.05) is 29.2 Å². The highest BCUT2D eigenvalue weighted by atomic mass is 32.1. The van der Waals surface area contributed by atoms with Gasteiger partial charge in [0.15, 0.2) is 4.80 Å². The Morgan fingerprint density at radius 1 is 1.09 bits per heavy atom. The fourth-order valence-corrected chi connectivity index (χ4v) is 6.80. The number of benzene rings is 3. The van der Waals surface area contributed by atoms with Gasteiger partial charge in [0.2, 0.25) is 0 Å². The largest absolute Gasteiger partial charge is 0.497 e. The number of para-hydroxylation sites is 1. The van der Waals surface area contributed by atoms with Crippen molar-refractivity contribution in [1.82, 2.24) is 9.13 Å². The first-order valence-corrected chi connectivity index (χ1v) is 15.7. The smallest absolute Gasteiger partial charge is 0.338 e. The van der Waals surface area contributed by atoms with Gasteiger partial charge < -0.3 is 14.0 Å². The number of carbonyl (C=O) groups excluding carboxylic acids is 1. The molecule has 1 aliphatic heterocycles. The van der Waals surface area contributed by atoms with Crippen molar-refractivity contribution in [1.29, 1.82) is 5.26 Å². The lowest BCUT2D eigenvalue weighted by Crippen LogP contribution is -2.40. The van der Waals surface area contributed by atoms with E-state index in [2.05, 4.69) is 16.7 Å². The van der Waals surface area contributed by atoms with Crippen molar-refractivity contribution in [2.45, 2.75) is 39.3 Å². The zero-order chi connectivity index (χ0) is 31.5. The van der Waals surface area contributed by atoms with E-state index in [0.717, 1.165) is 34.0 Å². The SMILES string of the molecule is CCCC1=C(C(=O)OCC)[C@@H](c2cccc(OC)c2)n2c(s/c(=C\c3cn(Cc4ccc(C#N)cc4)c4ccccc34)c2=O)=N1. The Balaban J connectivity index is 1.53. The highest BCUT2D eigenvalue weighted by Crippen LogP contribution is 2.34. The van der Waals surface area contributed by atoms with Crippen LogP contribution in [0.5, 0.6) is 5.75 Å². The molecule has 3 aromatic carbocycles. The molecule has 0 fully saturated rings. The van der Waals surface area contributed by atoms with Crippen molar-refractivity contribution < 1.29 is 14.3 Å². The number of hydrogen-bond donors (Lipinski definition) is 0. The van der Waals surface area contributed by atoms with Crippen LogP contribution in [0.4, 0.5) is 0 Å². The highest BCUT2D eigenvalue weighted by molar-refractivity contribution is 7.07. The number of ether oxygens (including phenoxy) is 2. The third-order valence-corrected chi connectivity index (χ3v) is 8.83. The number of carbonyl (C=O) groups is 1. The molecule has 6 rings (SSSR count). The number of nitrogens with zero attached hydrogens (tertiary/aromatic N) is 4. The molecule has 0 spiro atoms. The molecule has 5 aromatic rings. The zero-order valence-electron chi connectivity index (χ0n) is 25.3. The zero-order valence-corrected chi connectivity index (χ0v) is 26.1. The lowest BCUT2D eigenvalue weighted by atomic mass is 9.94. The molecular formula is C36H32N4O4S. The minimum absolute atomic E-state index is 0.212. The number of methoxy groups -OCH3 is 1. The van der Waals surface area contributed by atoms with E-state index in [1.165, 1.54) is 11.3 Å². The van der Waals surface area contributed by atoms with Gasteiger partial charge in [0.25, 0.3) is 5.56 Å². The molecule has 1 atom stereocenters. The minimum atomic E-state index is -0.711. The second-order valence-electron chi connectivity index (χ2n) is 10.7. The fraction of sp³-hybridized carbons (Fsp3) is 0.222. The second kappa shape index (κ2) is 12.8. The topological polar surface area (TPSA) is 98.6 Å². The summed E-state index contributed by atoms with van der Waals surface area (Å²) in [5.74, 6) is 0.152. The summed E-state index contributed by atoms with van der Waals surface area (Å²) in [5.41, 5.74) is 5.15. The number of thiazole rings is 1. The van der Waals surface area contributed by atoms with E-state index < -0.39 is 12.0 Å². The normalized spacial score (nSPS) is 14.6. The maximum absolute atomic E-state index is 14.3. The van der Waals surface area contributed by atoms with E-state index in [-0.39, 0.29) is 12.2 Å². The monoisotopic (exact) mass is 616 g/mol. The summed E-state index contributed by atoms with van der Waals surface area (Å²) >= 11 is 1.32. The van der Waals surface area contributed by atoms with Crippen molar-refractivity contribution in [2.75, 3.05) is 13.7 Å². The van der Waals surface area contributed by atoms with E-state index in [0.29, 0.717) is 44.9 Å². The molecule has 1 aliphatic rings. The molecule has 0 amide bonds. The average Bonchev–Trinajstić information content (AvgIpc) is 3.57. The number of rotatable bonds is 9. The van der Waals surface area contributed by atoms with Gasteiger partial charge in [-0.3, -0.25) is 9.36 Å². The number of fused-ring (bicyclic) bond motifs is 2. The summed E-state index contributed by atoms with van der Waals surface area (Å²) in [6.45, 7) is 4.63. The molecule has 226 valence electrons. The van der Waals surface area contributed by atoms with Crippen LogP contribution in [0.3, 0.4) is 0 Å².